The van der Waals surface area contributed by atoms with Gasteiger partial charge in [0.2, 0.25) is 5.91 Å². The van der Waals surface area contributed by atoms with Crippen molar-refractivity contribution in [2.75, 3.05) is 5.32 Å². The van der Waals surface area contributed by atoms with Crippen molar-refractivity contribution in [1.82, 2.24) is 5.32 Å². The third-order valence-electron chi connectivity index (χ3n) is 7.24. The number of aromatic hydroxyl groups is 1. The summed E-state index contributed by atoms with van der Waals surface area (Å²) in [5, 5.41) is 24.9. The summed E-state index contributed by atoms with van der Waals surface area (Å²) >= 11 is 0. The van der Waals surface area contributed by atoms with E-state index in [4.69, 9.17) is 9.47 Å². The number of phenols is 1. The molecule has 5 rings (SSSR count). The second kappa shape index (κ2) is 13.6. The van der Waals surface area contributed by atoms with E-state index in [2.05, 4.69) is 10.6 Å². The molecule has 4 aromatic rings. The molecule has 0 spiro atoms. The van der Waals surface area contributed by atoms with E-state index in [-0.39, 0.29) is 52.9 Å². The van der Waals surface area contributed by atoms with Crippen LogP contribution >= 0.6 is 0 Å². The Hall–Kier alpha value is -5.31. The molecule has 2 amide bonds. The molecule has 0 unspecified atom stereocenters. The first kappa shape index (κ1) is 29.2. The number of amides is 2. The number of hydrogen-bond donors (Lipinski definition) is 4. The smallest absolute Gasteiger partial charge is 0.337 e. The van der Waals surface area contributed by atoms with Crippen LogP contribution in [0.2, 0.25) is 0 Å². The number of ether oxygens (including phenoxy) is 2. The number of aromatic carboxylic acids is 1. The monoisotopic (exact) mass is 580 g/mol. The molecule has 1 saturated carbocycles. The van der Waals surface area contributed by atoms with Gasteiger partial charge in [0, 0.05) is 6.04 Å². The Morgan fingerprint density at radius 2 is 1.30 bits per heavy atom. The third kappa shape index (κ3) is 7.91. The van der Waals surface area contributed by atoms with Gasteiger partial charge in [0.05, 0.1) is 29.3 Å². The van der Waals surface area contributed by atoms with E-state index in [0.717, 1.165) is 37.0 Å². The summed E-state index contributed by atoms with van der Waals surface area (Å²) in [7, 11) is 0. The summed E-state index contributed by atoms with van der Waals surface area (Å²) < 4.78 is 12.1. The number of para-hydroxylation sites is 2. The van der Waals surface area contributed by atoms with Crippen LogP contribution in [-0.4, -0.2) is 40.1 Å². The van der Waals surface area contributed by atoms with Crippen LogP contribution in [0.4, 0.5) is 5.69 Å². The Morgan fingerprint density at radius 1 is 0.721 bits per heavy atom. The van der Waals surface area contributed by atoms with E-state index in [1.807, 2.05) is 24.3 Å². The highest BCUT2D eigenvalue weighted by Gasteiger charge is 2.24. The average Bonchev–Trinajstić information content (AvgIpc) is 3.00. The first-order valence-corrected chi connectivity index (χ1v) is 14.1. The van der Waals surface area contributed by atoms with Crippen LogP contribution in [0.5, 0.6) is 23.0 Å². The summed E-state index contributed by atoms with van der Waals surface area (Å²) in [6, 6.07) is 27.3. The number of rotatable bonds is 10. The Labute approximate surface area is 249 Å². The molecule has 0 bridgehead atoms. The first-order valence-electron chi connectivity index (χ1n) is 14.1. The van der Waals surface area contributed by atoms with Crippen molar-refractivity contribution in [1.29, 1.82) is 0 Å². The van der Waals surface area contributed by atoms with E-state index in [1.165, 1.54) is 12.1 Å². The lowest BCUT2D eigenvalue weighted by Gasteiger charge is -2.29. The Kier molecular flexibility index (Phi) is 9.21. The van der Waals surface area contributed by atoms with Crippen LogP contribution in [0.3, 0.4) is 0 Å². The number of anilines is 1. The maximum Gasteiger partial charge on any atom is 0.337 e. The van der Waals surface area contributed by atoms with Crippen LogP contribution in [0.15, 0.2) is 97.1 Å². The molecule has 0 heterocycles. The molecule has 1 aliphatic rings. The number of nitrogens with one attached hydrogen (secondary N) is 2. The van der Waals surface area contributed by atoms with Crippen molar-refractivity contribution in [2.24, 2.45) is 0 Å². The number of carbonyl (C=O) groups is 3. The van der Waals surface area contributed by atoms with Crippen LogP contribution in [0, 0.1) is 0 Å². The van der Waals surface area contributed by atoms with Crippen molar-refractivity contribution in [2.45, 2.75) is 44.2 Å². The van der Waals surface area contributed by atoms with Gasteiger partial charge in [-0.15, -0.1) is 0 Å². The normalized spacial score (nSPS) is 16.1. The molecule has 4 N–H and O–H groups in total. The van der Waals surface area contributed by atoms with Gasteiger partial charge in [-0.2, -0.15) is 0 Å². The highest BCUT2D eigenvalue weighted by atomic mass is 16.5. The summed E-state index contributed by atoms with van der Waals surface area (Å²) in [4.78, 5) is 36.3. The minimum absolute atomic E-state index is 0.0241. The summed E-state index contributed by atoms with van der Waals surface area (Å²) in [6.45, 7) is 0. The topological polar surface area (TPSA) is 134 Å². The highest BCUT2D eigenvalue weighted by molar-refractivity contribution is 6.01. The van der Waals surface area contributed by atoms with Gasteiger partial charge in [0.1, 0.15) is 23.0 Å². The lowest BCUT2D eigenvalue weighted by atomic mass is 9.92. The molecule has 0 saturated heterocycles. The van der Waals surface area contributed by atoms with Crippen LogP contribution in [0.1, 0.15) is 52.0 Å². The molecular weight excluding hydrogens is 548 g/mol. The lowest BCUT2D eigenvalue weighted by Crippen LogP contribution is -2.39. The lowest BCUT2D eigenvalue weighted by molar-refractivity contribution is -0.115. The maximum atomic E-state index is 12.5. The fraction of sp³-hybridized carbons (Fsp3) is 0.206. The van der Waals surface area contributed by atoms with E-state index >= 15 is 0 Å². The zero-order chi connectivity index (χ0) is 30.2. The number of hydrogen-bond acceptors (Lipinski definition) is 6. The van der Waals surface area contributed by atoms with Crippen LogP contribution < -0.4 is 20.1 Å². The van der Waals surface area contributed by atoms with Gasteiger partial charge in [0.15, 0.2) is 0 Å². The van der Waals surface area contributed by atoms with E-state index < -0.39 is 5.97 Å². The van der Waals surface area contributed by atoms with Crippen molar-refractivity contribution in [3.8, 4) is 23.0 Å². The molecule has 9 heteroatoms. The summed E-state index contributed by atoms with van der Waals surface area (Å²) in [5.41, 5.74) is 1.33. The molecule has 1 aliphatic carbocycles. The number of carboxylic acids is 1. The fourth-order valence-electron chi connectivity index (χ4n) is 5.00. The van der Waals surface area contributed by atoms with E-state index in [1.54, 1.807) is 60.7 Å². The molecule has 43 heavy (non-hydrogen) atoms. The maximum absolute atomic E-state index is 12.5. The zero-order valence-electron chi connectivity index (χ0n) is 23.4. The van der Waals surface area contributed by atoms with Gasteiger partial charge in [0.25, 0.3) is 5.91 Å². The molecule has 0 aliphatic heterocycles. The average molecular weight is 581 g/mol. The molecule has 9 nitrogen and oxygen atoms in total. The van der Waals surface area contributed by atoms with Gasteiger partial charge < -0.3 is 30.3 Å². The SMILES string of the molecule is O=C(Cc1ccc(Oc2ccc(OC3CCC(NC(=O)c4ccccc4O)CC3)cc2)cc1)Nc1ccccc1C(=O)O. The van der Waals surface area contributed by atoms with Gasteiger partial charge in [-0.05, 0) is 91.9 Å². The Morgan fingerprint density at radius 3 is 1.95 bits per heavy atom. The predicted octanol–water partition coefficient (Wildman–Crippen LogP) is 6.18. The van der Waals surface area contributed by atoms with E-state index in [0.29, 0.717) is 11.5 Å². The molecule has 0 atom stereocenters. The van der Waals surface area contributed by atoms with Gasteiger partial charge in [-0.3, -0.25) is 9.59 Å². The molecule has 220 valence electrons. The Balaban J connectivity index is 1.06. The molecule has 1 fully saturated rings. The quantitative estimate of drug-likeness (QED) is 0.176. The largest absolute Gasteiger partial charge is 0.507 e. The van der Waals surface area contributed by atoms with Gasteiger partial charge in [-0.25, -0.2) is 4.79 Å². The van der Waals surface area contributed by atoms with Crippen molar-refractivity contribution < 1.29 is 34.1 Å². The summed E-state index contributed by atoms with van der Waals surface area (Å²) in [5.74, 6) is 0.274. The van der Waals surface area contributed by atoms with Crippen LogP contribution in [-0.2, 0) is 11.2 Å². The minimum Gasteiger partial charge on any atom is -0.507 e. The van der Waals surface area contributed by atoms with Crippen molar-refractivity contribution >= 4 is 23.5 Å². The summed E-state index contributed by atoms with van der Waals surface area (Å²) in [6.07, 6.45) is 3.33. The fourth-order valence-corrected chi connectivity index (χ4v) is 5.00. The number of phenolic OH excluding ortho intramolecular Hbond substituents is 1. The zero-order valence-corrected chi connectivity index (χ0v) is 23.4. The number of carbonyl (C=O) groups excluding carboxylic acids is 2. The van der Waals surface area contributed by atoms with Gasteiger partial charge in [-0.1, -0.05) is 36.4 Å². The van der Waals surface area contributed by atoms with Crippen molar-refractivity contribution in [3.05, 3.63) is 114 Å². The minimum atomic E-state index is -1.10. The third-order valence-corrected chi connectivity index (χ3v) is 7.24. The Bertz CT molecular complexity index is 1580. The van der Waals surface area contributed by atoms with Crippen LogP contribution in [0.25, 0.3) is 0 Å². The van der Waals surface area contributed by atoms with E-state index in [9.17, 15) is 24.6 Å². The predicted molar refractivity (Wildman–Crippen MR) is 161 cm³/mol. The second-order valence-electron chi connectivity index (χ2n) is 10.4. The molecule has 4 aromatic carbocycles. The highest BCUT2D eigenvalue weighted by Crippen LogP contribution is 2.28. The molecule has 0 radical (unpaired) electrons. The number of benzene rings is 4. The van der Waals surface area contributed by atoms with Crippen molar-refractivity contribution in [3.63, 3.8) is 0 Å². The molecule has 0 aromatic heterocycles. The second-order valence-corrected chi connectivity index (χ2v) is 10.4. The van der Waals surface area contributed by atoms with Gasteiger partial charge >= 0.3 is 5.97 Å². The standard InChI is InChI=1S/C34H32N2O7/c37-31-8-4-2-6-29(31)33(39)35-23-11-15-25(16-12-23)43-27-19-17-26(18-20-27)42-24-13-9-22(10-14-24)21-32(38)36-30-7-3-1-5-28(30)34(40)41/h1-10,13-14,17-20,23,25,37H,11-12,15-16,21H2,(H,35,39)(H,36,38)(H,40,41). The number of carboxylic acid groups (broad SMARTS) is 1. The molecular formula is C34H32N2O7. The first-order chi connectivity index (χ1) is 20.8.